The number of hydrogen-bond donors (Lipinski definition) is 2. The van der Waals surface area contributed by atoms with Gasteiger partial charge >= 0.3 is 5.97 Å². The summed E-state index contributed by atoms with van der Waals surface area (Å²) in [4.78, 5) is 10.5. The van der Waals surface area contributed by atoms with Crippen LogP contribution in [0.2, 0.25) is 0 Å². The third-order valence-electron chi connectivity index (χ3n) is 1.21. The van der Waals surface area contributed by atoms with Crippen LogP contribution >= 0.6 is 11.8 Å². The van der Waals surface area contributed by atoms with E-state index in [1.165, 1.54) is 11.8 Å². The molecular formula is C7H15NO2S. The van der Waals surface area contributed by atoms with Gasteiger partial charge in [0.1, 0.15) is 5.25 Å². The van der Waals surface area contributed by atoms with Crippen LogP contribution in [0.5, 0.6) is 0 Å². The molecule has 0 radical (unpaired) electrons. The van der Waals surface area contributed by atoms with Crippen LogP contribution in [0.4, 0.5) is 0 Å². The molecule has 0 aromatic heterocycles. The van der Waals surface area contributed by atoms with Gasteiger partial charge < -0.3 is 10.8 Å². The number of rotatable bonds is 5. The van der Waals surface area contributed by atoms with Crippen molar-refractivity contribution >= 4 is 17.7 Å². The van der Waals surface area contributed by atoms with Crippen LogP contribution in [0, 0.1) is 0 Å². The topological polar surface area (TPSA) is 63.3 Å². The molecule has 0 rings (SSSR count). The maximum absolute atomic E-state index is 10.5. The molecule has 2 unspecified atom stereocenters. The van der Waals surface area contributed by atoms with E-state index in [-0.39, 0.29) is 11.3 Å². The zero-order chi connectivity index (χ0) is 8.85. The number of thioether (sulfide) groups is 1. The zero-order valence-electron chi connectivity index (χ0n) is 6.91. The molecule has 0 aliphatic heterocycles. The largest absolute Gasteiger partial charge is 0.480 e. The van der Waals surface area contributed by atoms with Gasteiger partial charge in [-0.2, -0.15) is 0 Å². The molecule has 0 saturated heterocycles. The second-order valence-corrected chi connectivity index (χ2v) is 3.78. The lowest BCUT2D eigenvalue weighted by Gasteiger charge is -2.10. The highest BCUT2D eigenvalue weighted by atomic mass is 32.2. The molecule has 0 aliphatic rings. The zero-order valence-corrected chi connectivity index (χ0v) is 7.73. The van der Waals surface area contributed by atoms with Gasteiger partial charge in [0.2, 0.25) is 0 Å². The molecule has 0 fully saturated rings. The van der Waals surface area contributed by atoms with Crippen LogP contribution in [0.3, 0.4) is 0 Å². The van der Waals surface area contributed by atoms with Gasteiger partial charge in [0.05, 0.1) is 0 Å². The number of carbonyl (C=O) groups is 1. The normalized spacial score (nSPS) is 15.9. The molecule has 4 heteroatoms. The van der Waals surface area contributed by atoms with E-state index in [1.807, 2.05) is 13.8 Å². The Balaban J connectivity index is 3.61. The molecule has 0 saturated carbocycles. The highest BCUT2D eigenvalue weighted by Gasteiger charge is 2.15. The molecule has 0 spiro atoms. The first kappa shape index (κ1) is 10.8. The number of carboxylic acid groups (broad SMARTS) is 1. The van der Waals surface area contributed by atoms with E-state index in [9.17, 15) is 4.79 Å². The lowest BCUT2D eigenvalue weighted by Crippen LogP contribution is -2.23. The lowest BCUT2D eigenvalue weighted by atomic mass is 10.3. The van der Waals surface area contributed by atoms with Crippen molar-refractivity contribution in [3.8, 4) is 0 Å². The molecule has 0 heterocycles. The fourth-order valence-electron chi connectivity index (χ4n) is 0.632. The summed E-state index contributed by atoms with van der Waals surface area (Å²) in [7, 11) is 0. The summed E-state index contributed by atoms with van der Waals surface area (Å²) in [5, 5.41) is 8.33. The summed E-state index contributed by atoms with van der Waals surface area (Å²) in [5.74, 6) is -0.0247. The van der Waals surface area contributed by atoms with Gasteiger partial charge in [-0.25, -0.2) is 0 Å². The van der Waals surface area contributed by atoms with Crippen molar-refractivity contribution in [2.45, 2.75) is 31.6 Å². The monoisotopic (exact) mass is 177 g/mol. The van der Waals surface area contributed by atoms with Gasteiger partial charge in [0.25, 0.3) is 0 Å². The Labute approximate surface area is 71.3 Å². The van der Waals surface area contributed by atoms with Crippen molar-refractivity contribution in [3.63, 3.8) is 0 Å². The summed E-state index contributed by atoms with van der Waals surface area (Å²) in [6.07, 6.45) is 0.659. The second kappa shape index (κ2) is 5.43. The van der Waals surface area contributed by atoms with E-state index in [4.69, 9.17) is 10.8 Å². The molecule has 3 N–H and O–H groups in total. The van der Waals surface area contributed by atoms with E-state index in [0.29, 0.717) is 12.2 Å². The SMILES string of the molecule is CCC(SCC(C)N)C(=O)O. The second-order valence-electron chi connectivity index (χ2n) is 2.55. The van der Waals surface area contributed by atoms with Crippen molar-refractivity contribution in [1.82, 2.24) is 0 Å². The third kappa shape index (κ3) is 5.09. The molecule has 0 amide bonds. The number of aliphatic carboxylic acids is 1. The molecule has 0 aromatic carbocycles. The van der Waals surface area contributed by atoms with Gasteiger partial charge in [-0.15, -0.1) is 11.8 Å². The minimum absolute atomic E-state index is 0.0772. The molecule has 11 heavy (non-hydrogen) atoms. The average Bonchev–Trinajstić information content (AvgIpc) is 1.87. The smallest absolute Gasteiger partial charge is 0.316 e. The summed E-state index contributed by atoms with van der Waals surface area (Å²) in [5.41, 5.74) is 5.48. The summed E-state index contributed by atoms with van der Waals surface area (Å²) < 4.78 is 0. The molecule has 0 aliphatic carbocycles. The van der Waals surface area contributed by atoms with Crippen molar-refractivity contribution < 1.29 is 9.90 Å². The summed E-state index contributed by atoms with van der Waals surface area (Å²) in [6, 6.07) is 0.0772. The number of hydrogen-bond acceptors (Lipinski definition) is 3. The Kier molecular flexibility index (Phi) is 5.32. The average molecular weight is 177 g/mol. The lowest BCUT2D eigenvalue weighted by molar-refractivity contribution is -0.136. The van der Waals surface area contributed by atoms with Gasteiger partial charge in [-0.1, -0.05) is 6.92 Å². The Hall–Kier alpha value is -0.220. The van der Waals surface area contributed by atoms with E-state index in [1.54, 1.807) is 0 Å². The Morgan fingerprint density at radius 2 is 2.27 bits per heavy atom. The van der Waals surface area contributed by atoms with Crippen LogP contribution in [-0.4, -0.2) is 28.1 Å². The highest BCUT2D eigenvalue weighted by Crippen LogP contribution is 2.14. The van der Waals surface area contributed by atoms with E-state index in [0.717, 1.165) is 0 Å². The van der Waals surface area contributed by atoms with E-state index in [2.05, 4.69) is 0 Å². The van der Waals surface area contributed by atoms with Crippen molar-refractivity contribution in [3.05, 3.63) is 0 Å². The van der Waals surface area contributed by atoms with E-state index >= 15 is 0 Å². The first-order chi connectivity index (χ1) is 5.07. The molecule has 2 atom stereocenters. The molecule has 66 valence electrons. The number of carboxylic acids is 1. The molecule has 0 aromatic rings. The fraction of sp³-hybridized carbons (Fsp3) is 0.857. The van der Waals surface area contributed by atoms with Crippen LogP contribution in [-0.2, 0) is 4.79 Å². The Morgan fingerprint density at radius 1 is 1.73 bits per heavy atom. The van der Waals surface area contributed by atoms with Gasteiger partial charge in [0, 0.05) is 11.8 Å². The maximum atomic E-state index is 10.5. The standard InChI is InChI=1S/C7H15NO2S/c1-3-6(7(9)10)11-4-5(2)8/h5-6H,3-4,8H2,1-2H3,(H,9,10). The van der Waals surface area contributed by atoms with Crippen molar-refractivity contribution in [1.29, 1.82) is 0 Å². The van der Waals surface area contributed by atoms with Gasteiger partial charge in [-0.05, 0) is 13.3 Å². The molecule has 3 nitrogen and oxygen atoms in total. The van der Waals surface area contributed by atoms with E-state index < -0.39 is 5.97 Å². The summed E-state index contributed by atoms with van der Waals surface area (Å²) in [6.45, 7) is 3.74. The quantitative estimate of drug-likeness (QED) is 0.655. The Morgan fingerprint density at radius 3 is 2.55 bits per heavy atom. The maximum Gasteiger partial charge on any atom is 0.316 e. The van der Waals surface area contributed by atoms with Crippen LogP contribution in [0.1, 0.15) is 20.3 Å². The van der Waals surface area contributed by atoms with Crippen molar-refractivity contribution in [2.75, 3.05) is 5.75 Å². The predicted octanol–water partition coefficient (Wildman–Crippen LogP) is 0.930. The number of nitrogens with two attached hydrogens (primary N) is 1. The third-order valence-corrected chi connectivity index (χ3v) is 2.86. The fourth-order valence-corrected chi connectivity index (χ4v) is 1.55. The summed E-state index contributed by atoms with van der Waals surface area (Å²) >= 11 is 1.41. The highest BCUT2D eigenvalue weighted by molar-refractivity contribution is 8.00. The Bertz CT molecular complexity index is 128. The van der Waals surface area contributed by atoms with Gasteiger partial charge in [0.15, 0.2) is 0 Å². The minimum Gasteiger partial charge on any atom is -0.480 e. The first-order valence-corrected chi connectivity index (χ1v) is 4.72. The van der Waals surface area contributed by atoms with Crippen LogP contribution in [0.25, 0.3) is 0 Å². The predicted molar refractivity (Wildman–Crippen MR) is 47.8 cm³/mol. The van der Waals surface area contributed by atoms with Crippen molar-refractivity contribution in [2.24, 2.45) is 5.73 Å². The van der Waals surface area contributed by atoms with Crippen LogP contribution in [0.15, 0.2) is 0 Å². The van der Waals surface area contributed by atoms with Crippen LogP contribution < -0.4 is 5.73 Å². The molecule has 0 bridgehead atoms. The first-order valence-electron chi connectivity index (χ1n) is 3.68. The molecular weight excluding hydrogens is 162 g/mol. The minimum atomic E-state index is -0.738. The van der Waals surface area contributed by atoms with Gasteiger partial charge in [-0.3, -0.25) is 4.79 Å².